The Labute approximate surface area is 73.9 Å². The van der Waals surface area contributed by atoms with Crippen LogP contribution < -0.4 is 0 Å². The molecule has 0 aliphatic carbocycles. The van der Waals surface area contributed by atoms with Crippen molar-refractivity contribution in [2.45, 2.75) is 0 Å². The lowest BCUT2D eigenvalue weighted by Gasteiger charge is -1.87. The lowest BCUT2D eigenvalue weighted by Crippen LogP contribution is -1.66. The highest BCUT2D eigenvalue weighted by atomic mass is 79.9. The zero-order valence-corrected chi connectivity index (χ0v) is 7.69. The molecule has 0 aliphatic heterocycles. The van der Waals surface area contributed by atoms with Crippen LogP contribution in [0.15, 0.2) is 39.9 Å². The average molecular weight is 220 g/mol. The fourth-order valence-corrected chi connectivity index (χ4v) is 0.406. The van der Waals surface area contributed by atoms with Gasteiger partial charge >= 0.3 is 0 Å². The number of aliphatic imine (C=N–C) groups is 1. The van der Waals surface area contributed by atoms with E-state index in [1.165, 1.54) is 0 Å². The third kappa shape index (κ3) is 4.53. The molecule has 0 amide bonds. The van der Waals surface area contributed by atoms with Crippen LogP contribution in [-0.2, 0) is 0 Å². The van der Waals surface area contributed by atoms with E-state index in [-0.39, 0.29) is 0 Å². The second-order valence-electron chi connectivity index (χ2n) is 1.42. The summed E-state index contributed by atoms with van der Waals surface area (Å²) in [6.45, 7) is 6.94. The first kappa shape index (κ1) is 9.66. The van der Waals surface area contributed by atoms with Crippen LogP contribution in [0.3, 0.4) is 0 Å². The molecule has 0 aromatic rings. The van der Waals surface area contributed by atoms with Crippen molar-refractivity contribution in [2.24, 2.45) is 4.99 Å². The van der Waals surface area contributed by atoms with E-state index in [1.54, 1.807) is 18.5 Å². The lowest BCUT2D eigenvalue weighted by molar-refractivity contribution is 1.58. The van der Waals surface area contributed by atoms with Gasteiger partial charge in [0.15, 0.2) is 0 Å². The Morgan fingerprint density at radius 3 is 2.60 bits per heavy atom. The van der Waals surface area contributed by atoms with Crippen LogP contribution in [0.4, 0.5) is 0 Å². The van der Waals surface area contributed by atoms with Crippen molar-refractivity contribution in [3.8, 4) is 0 Å². The number of hydrogen-bond acceptors (Lipinski definition) is 1. The van der Waals surface area contributed by atoms with Gasteiger partial charge in [0, 0.05) is 17.4 Å². The normalized spacial score (nSPS) is 12.0. The van der Waals surface area contributed by atoms with Crippen molar-refractivity contribution in [1.82, 2.24) is 0 Å². The third-order valence-electron chi connectivity index (χ3n) is 0.639. The van der Waals surface area contributed by atoms with Crippen LogP contribution in [0, 0.1) is 0 Å². The topological polar surface area (TPSA) is 12.4 Å². The van der Waals surface area contributed by atoms with E-state index in [2.05, 4.69) is 34.1 Å². The van der Waals surface area contributed by atoms with Gasteiger partial charge in [-0.15, -0.1) is 0 Å². The van der Waals surface area contributed by atoms with E-state index >= 15 is 0 Å². The molecular weight excluding hydrogens is 213 g/mol. The molecule has 54 valence electrons. The number of hydrogen-bond donors (Lipinski definition) is 0. The maximum absolute atomic E-state index is 5.50. The molecule has 0 heterocycles. The summed E-state index contributed by atoms with van der Waals surface area (Å²) in [5, 5.41) is 0.432. The monoisotopic (exact) mass is 219 g/mol. The van der Waals surface area contributed by atoms with E-state index in [9.17, 15) is 0 Å². The fraction of sp³-hybridized carbons (Fsp3) is 0. The highest BCUT2D eigenvalue weighted by Crippen LogP contribution is 2.18. The molecule has 0 bridgehead atoms. The van der Waals surface area contributed by atoms with Gasteiger partial charge in [0.1, 0.15) is 0 Å². The van der Waals surface area contributed by atoms with Crippen molar-refractivity contribution in [2.75, 3.05) is 0 Å². The van der Waals surface area contributed by atoms with Crippen molar-refractivity contribution in [1.29, 1.82) is 0 Å². The molecule has 0 N–H and O–H groups in total. The van der Waals surface area contributed by atoms with Crippen molar-refractivity contribution in [3.63, 3.8) is 0 Å². The Hall–Kier alpha value is -0.340. The summed E-state index contributed by atoms with van der Waals surface area (Å²) in [5.74, 6) is 0. The summed E-state index contributed by atoms with van der Waals surface area (Å²) in [5.41, 5.74) is 0. The van der Waals surface area contributed by atoms with Gasteiger partial charge in [0.05, 0.1) is 4.48 Å². The standard InChI is InChI=1S/C7H7BrClN/c1-3-4-10-5-7(8)6(2)9/h3-5H,1-2H2/b7-5+,10-4?. The minimum atomic E-state index is 0.432. The summed E-state index contributed by atoms with van der Waals surface area (Å²) < 4.78 is 0.673. The maximum atomic E-state index is 5.50. The summed E-state index contributed by atoms with van der Waals surface area (Å²) >= 11 is 8.65. The Morgan fingerprint density at radius 1 is 1.60 bits per heavy atom. The molecule has 10 heavy (non-hydrogen) atoms. The van der Waals surface area contributed by atoms with Gasteiger partial charge in [0.2, 0.25) is 0 Å². The highest BCUT2D eigenvalue weighted by molar-refractivity contribution is 9.12. The summed E-state index contributed by atoms with van der Waals surface area (Å²) in [4.78, 5) is 3.81. The summed E-state index contributed by atoms with van der Waals surface area (Å²) in [6, 6.07) is 0. The molecule has 0 aromatic carbocycles. The van der Waals surface area contributed by atoms with Crippen LogP contribution in [-0.4, -0.2) is 6.21 Å². The number of halogens is 2. The molecule has 0 radical (unpaired) electrons. The van der Waals surface area contributed by atoms with Gasteiger partial charge in [-0.25, -0.2) is 0 Å². The van der Waals surface area contributed by atoms with Gasteiger partial charge in [-0.2, -0.15) is 0 Å². The molecule has 0 spiro atoms. The van der Waals surface area contributed by atoms with Crippen LogP contribution in [0.5, 0.6) is 0 Å². The second kappa shape index (κ2) is 5.45. The first-order valence-electron chi connectivity index (χ1n) is 2.53. The smallest absolute Gasteiger partial charge is 0.0538 e. The number of allylic oxidation sites excluding steroid dienone is 3. The largest absolute Gasteiger partial charge is 0.264 e. The van der Waals surface area contributed by atoms with E-state index in [0.717, 1.165) is 0 Å². The average Bonchev–Trinajstić information content (AvgIpc) is 1.88. The van der Waals surface area contributed by atoms with Gasteiger partial charge in [-0.3, -0.25) is 4.99 Å². The first-order valence-corrected chi connectivity index (χ1v) is 3.70. The van der Waals surface area contributed by atoms with Crippen LogP contribution in [0.2, 0.25) is 0 Å². The molecule has 0 rings (SSSR count). The maximum Gasteiger partial charge on any atom is 0.0538 e. The quantitative estimate of drug-likeness (QED) is 0.511. The molecule has 3 heteroatoms. The second-order valence-corrected chi connectivity index (χ2v) is 2.73. The SMILES string of the molecule is C=CC=N/C=C(/Br)C(=C)Cl. The number of nitrogens with zero attached hydrogens (tertiary/aromatic N) is 1. The number of rotatable bonds is 3. The molecule has 1 nitrogen and oxygen atoms in total. The van der Waals surface area contributed by atoms with Crippen LogP contribution in [0.1, 0.15) is 0 Å². The van der Waals surface area contributed by atoms with E-state index in [1.807, 2.05) is 0 Å². The summed E-state index contributed by atoms with van der Waals surface area (Å²) in [6.07, 6.45) is 4.69. The van der Waals surface area contributed by atoms with Gasteiger partial charge in [0.25, 0.3) is 0 Å². The van der Waals surface area contributed by atoms with Crippen LogP contribution in [0.25, 0.3) is 0 Å². The lowest BCUT2D eigenvalue weighted by atomic mass is 10.6. The third-order valence-corrected chi connectivity index (χ3v) is 1.75. The molecule has 0 saturated carbocycles. The molecule has 0 aliphatic rings. The molecule has 0 unspecified atom stereocenters. The predicted octanol–water partition coefficient (Wildman–Crippen LogP) is 3.23. The Bertz CT molecular complexity index is 194. The van der Waals surface area contributed by atoms with Crippen LogP contribution >= 0.6 is 27.5 Å². The van der Waals surface area contributed by atoms with Gasteiger partial charge in [-0.1, -0.05) is 30.8 Å². The molecular formula is C7H7BrClN. The minimum absolute atomic E-state index is 0.432. The fourth-order valence-electron chi connectivity index (χ4n) is 0.239. The van der Waals surface area contributed by atoms with Crippen molar-refractivity contribution in [3.05, 3.63) is 34.9 Å². The van der Waals surface area contributed by atoms with E-state index in [0.29, 0.717) is 9.51 Å². The van der Waals surface area contributed by atoms with E-state index in [4.69, 9.17) is 11.6 Å². The highest BCUT2D eigenvalue weighted by Gasteiger charge is 1.89. The zero-order valence-electron chi connectivity index (χ0n) is 5.35. The van der Waals surface area contributed by atoms with Gasteiger partial charge < -0.3 is 0 Å². The first-order chi connectivity index (χ1) is 4.68. The summed E-state index contributed by atoms with van der Waals surface area (Å²) in [7, 11) is 0. The Morgan fingerprint density at radius 2 is 2.20 bits per heavy atom. The molecule has 0 fully saturated rings. The Kier molecular flexibility index (Phi) is 5.26. The minimum Gasteiger partial charge on any atom is -0.264 e. The van der Waals surface area contributed by atoms with Crippen molar-refractivity contribution < 1.29 is 0 Å². The molecule has 0 saturated heterocycles. The predicted molar refractivity (Wildman–Crippen MR) is 50.7 cm³/mol. The van der Waals surface area contributed by atoms with Crippen molar-refractivity contribution >= 4 is 33.7 Å². The zero-order chi connectivity index (χ0) is 7.98. The van der Waals surface area contributed by atoms with Gasteiger partial charge in [-0.05, 0) is 15.9 Å². The van der Waals surface area contributed by atoms with E-state index < -0.39 is 0 Å². The molecule has 0 atom stereocenters. The molecule has 0 aromatic heterocycles. The Balaban J connectivity index is 4.04.